The molecule has 0 aliphatic carbocycles. The molecule has 1 aliphatic rings. The second-order valence-corrected chi connectivity index (χ2v) is 4.69. The summed E-state index contributed by atoms with van der Waals surface area (Å²) < 4.78 is 10.7. The van der Waals surface area contributed by atoms with E-state index in [1.165, 1.54) is 0 Å². The van der Waals surface area contributed by atoms with Crippen molar-refractivity contribution < 1.29 is 14.3 Å². The van der Waals surface area contributed by atoms with E-state index in [4.69, 9.17) is 15.2 Å². The molecule has 1 saturated heterocycles. The maximum atomic E-state index is 11.9. The lowest BCUT2D eigenvalue weighted by molar-refractivity contribution is -0.119. The van der Waals surface area contributed by atoms with Gasteiger partial charge in [0.05, 0.1) is 31.0 Å². The van der Waals surface area contributed by atoms with Crippen LogP contribution in [0.3, 0.4) is 0 Å². The molecule has 1 aromatic carbocycles. The summed E-state index contributed by atoms with van der Waals surface area (Å²) in [7, 11) is 1.58. The van der Waals surface area contributed by atoms with Gasteiger partial charge in [0.1, 0.15) is 5.75 Å². The van der Waals surface area contributed by atoms with Crippen molar-refractivity contribution >= 4 is 29.7 Å². The van der Waals surface area contributed by atoms with Gasteiger partial charge in [-0.2, -0.15) is 0 Å². The van der Waals surface area contributed by atoms with Gasteiger partial charge in [0.15, 0.2) is 0 Å². The van der Waals surface area contributed by atoms with Crippen molar-refractivity contribution in [3.8, 4) is 5.75 Å². The highest BCUT2D eigenvalue weighted by Crippen LogP contribution is 2.25. The first kappa shape index (κ1) is 16.6. The molecule has 20 heavy (non-hydrogen) atoms. The Labute approximate surface area is 125 Å². The normalized spacial score (nSPS) is 17.9. The maximum Gasteiger partial charge on any atom is 0.227 e. The third kappa shape index (κ3) is 4.58. The molecule has 5 nitrogen and oxygen atoms in total. The number of benzene rings is 1. The zero-order valence-electron chi connectivity index (χ0n) is 11.6. The Morgan fingerprint density at radius 2 is 2.30 bits per heavy atom. The van der Waals surface area contributed by atoms with Crippen molar-refractivity contribution in [2.75, 3.05) is 24.8 Å². The topological polar surface area (TPSA) is 73.6 Å². The van der Waals surface area contributed by atoms with E-state index in [0.717, 1.165) is 25.9 Å². The van der Waals surface area contributed by atoms with Crippen molar-refractivity contribution in [3.05, 3.63) is 18.2 Å². The molecular weight excluding hydrogens is 280 g/mol. The number of methoxy groups -OCH3 is 1. The van der Waals surface area contributed by atoms with Gasteiger partial charge in [-0.3, -0.25) is 4.79 Å². The number of halogens is 1. The van der Waals surface area contributed by atoms with Gasteiger partial charge in [-0.05, 0) is 31.4 Å². The summed E-state index contributed by atoms with van der Waals surface area (Å²) in [6, 6.07) is 5.19. The number of amides is 1. The predicted molar refractivity (Wildman–Crippen MR) is 81.5 cm³/mol. The average Bonchev–Trinajstić information content (AvgIpc) is 2.42. The number of hydrogen-bond donors (Lipinski definition) is 2. The number of hydrogen-bond acceptors (Lipinski definition) is 4. The second kappa shape index (κ2) is 7.97. The van der Waals surface area contributed by atoms with Crippen LogP contribution < -0.4 is 15.8 Å². The van der Waals surface area contributed by atoms with Gasteiger partial charge in [-0.1, -0.05) is 0 Å². The quantitative estimate of drug-likeness (QED) is 0.838. The predicted octanol–water partition coefficient (Wildman–Crippen LogP) is 2.60. The summed E-state index contributed by atoms with van der Waals surface area (Å²) in [4.78, 5) is 11.9. The highest BCUT2D eigenvalue weighted by atomic mass is 35.5. The lowest BCUT2D eigenvalue weighted by atomic mass is 10.1. The van der Waals surface area contributed by atoms with Crippen LogP contribution in [0.25, 0.3) is 0 Å². The molecule has 6 heteroatoms. The molecule has 1 amide bonds. The molecule has 1 aliphatic heterocycles. The number of nitrogens with one attached hydrogen (secondary N) is 1. The molecule has 1 unspecified atom stereocenters. The molecule has 112 valence electrons. The average molecular weight is 301 g/mol. The van der Waals surface area contributed by atoms with E-state index in [9.17, 15) is 4.79 Å². The summed E-state index contributed by atoms with van der Waals surface area (Å²) in [5.41, 5.74) is 6.93. The summed E-state index contributed by atoms with van der Waals surface area (Å²) in [6.45, 7) is 0.749. The second-order valence-electron chi connectivity index (χ2n) is 4.69. The van der Waals surface area contributed by atoms with E-state index in [-0.39, 0.29) is 24.4 Å². The summed E-state index contributed by atoms with van der Waals surface area (Å²) in [6.07, 6.45) is 3.55. The molecule has 0 bridgehead atoms. The molecule has 1 fully saturated rings. The minimum Gasteiger partial charge on any atom is -0.497 e. The van der Waals surface area contributed by atoms with Crippen molar-refractivity contribution in [1.29, 1.82) is 0 Å². The van der Waals surface area contributed by atoms with E-state index in [0.29, 0.717) is 23.5 Å². The van der Waals surface area contributed by atoms with Gasteiger partial charge in [-0.25, -0.2) is 0 Å². The van der Waals surface area contributed by atoms with Crippen molar-refractivity contribution in [2.24, 2.45) is 0 Å². The van der Waals surface area contributed by atoms with Crippen molar-refractivity contribution in [2.45, 2.75) is 31.8 Å². The molecule has 0 spiro atoms. The first-order valence-corrected chi connectivity index (χ1v) is 6.54. The SMILES string of the molecule is COc1ccc(N)c(NC(=O)CC2CCCCO2)c1.Cl. The van der Waals surface area contributed by atoms with Crippen molar-refractivity contribution in [3.63, 3.8) is 0 Å². The molecule has 1 aromatic rings. The lowest BCUT2D eigenvalue weighted by Gasteiger charge is -2.22. The van der Waals surface area contributed by atoms with Crippen LogP contribution in [-0.2, 0) is 9.53 Å². The fourth-order valence-electron chi connectivity index (χ4n) is 2.15. The number of ether oxygens (including phenoxy) is 2. The molecule has 1 heterocycles. The Balaban J connectivity index is 0.00000200. The zero-order valence-corrected chi connectivity index (χ0v) is 12.4. The summed E-state index contributed by atoms with van der Waals surface area (Å²) in [5, 5.41) is 2.81. The lowest BCUT2D eigenvalue weighted by Crippen LogP contribution is -2.25. The van der Waals surface area contributed by atoms with Gasteiger partial charge < -0.3 is 20.5 Å². The van der Waals surface area contributed by atoms with E-state index >= 15 is 0 Å². The zero-order chi connectivity index (χ0) is 13.7. The highest BCUT2D eigenvalue weighted by molar-refractivity contribution is 5.94. The molecule has 2 rings (SSSR count). The molecule has 0 saturated carbocycles. The van der Waals surface area contributed by atoms with E-state index < -0.39 is 0 Å². The van der Waals surface area contributed by atoms with Crippen LogP contribution in [0.5, 0.6) is 5.75 Å². The van der Waals surface area contributed by atoms with E-state index in [1.54, 1.807) is 25.3 Å². The molecular formula is C14H21ClN2O3. The molecule has 0 aromatic heterocycles. The van der Waals surface area contributed by atoms with Gasteiger partial charge in [0, 0.05) is 12.7 Å². The van der Waals surface area contributed by atoms with Crippen molar-refractivity contribution in [1.82, 2.24) is 0 Å². The van der Waals surface area contributed by atoms with Crippen LogP contribution in [0.4, 0.5) is 11.4 Å². The minimum absolute atomic E-state index is 0. The molecule has 1 atom stereocenters. The number of nitrogens with two attached hydrogens (primary N) is 1. The highest BCUT2D eigenvalue weighted by Gasteiger charge is 2.18. The molecule has 3 N–H and O–H groups in total. The van der Waals surface area contributed by atoms with Gasteiger partial charge in [0.25, 0.3) is 0 Å². The first-order chi connectivity index (χ1) is 9.19. The van der Waals surface area contributed by atoms with Crippen LogP contribution >= 0.6 is 12.4 Å². The number of anilines is 2. The largest absolute Gasteiger partial charge is 0.497 e. The Bertz CT molecular complexity index is 448. The number of nitrogen functional groups attached to an aromatic ring is 1. The third-order valence-electron chi connectivity index (χ3n) is 3.22. The smallest absolute Gasteiger partial charge is 0.227 e. The number of rotatable bonds is 4. The summed E-state index contributed by atoms with van der Waals surface area (Å²) >= 11 is 0. The van der Waals surface area contributed by atoms with Crippen LogP contribution in [0.15, 0.2) is 18.2 Å². The van der Waals surface area contributed by atoms with Crippen LogP contribution in [0, 0.1) is 0 Å². The Morgan fingerprint density at radius 1 is 1.50 bits per heavy atom. The van der Waals surface area contributed by atoms with Gasteiger partial charge in [0.2, 0.25) is 5.91 Å². The fraction of sp³-hybridized carbons (Fsp3) is 0.500. The maximum absolute atomic E-state index is 11.9. The van der Waals surface area contributed by atoms with E-state index in [2.05, 4.69) is 5.32 Å². The number of carbonyl (C=O) groups excluding carboxylic acids is 1. The number of carbonyl (C=O) groups is 1. The summed E-state index contributed by atoms with van der Waals surface area (Å²) in [5.74, 6) is 0.588. The third-order valence-corrected chi connectivity index (χ3v) is 3.22. The van der Waals surface area contributed by atoms with Crippen LogP contribution in [-0.4, -0.2) is 25.7 Å². The van der Waals surface area contributed by atoms with Crippen LogP contribution in [0.2, 0.25) is 0 Å². The van der Waals surface area contributed by atoms with Gasteiger partial charge >= 0.3 is 0 Å². The monoisotopic (exact) mass is 300 g/mol. The van der Waals surface area contributed by atoms with Crippen LogP contribution in [0.1, 0.15) is 25.7 Å². The first-order valence-electron chi connectivity index (χ1n) is 6.54. The molecule has 0 radical (unpaired) electrons. The Hall–Kier alpha value is -1.46. The standard InChI is InChI=1S/C14H20N2O3.ClH/c1-18-10-5-6-12(15)13(8-10)16-14(17)9-11-4-2-3-7-19-11;/h5-6,8,11H,2-4,7,9,15H2,1H3,(H,16,17);1H. The minimum atomic E-state index is -0.0770. The Kier molecular flexibility index (Phi) is 6.61. The van der Waals surface area contributed by atoms with Gasteiger partial charge in [-0.15, -0.1) is 12.4 Å². The Morgan fingerprint density at radius 3 is 2.95 bits per heavy atom. The fourth-order valence-corrected chi connectivity index (χ4v) is 2.15. The van der Waals surface area contributed by atoms with E-state index in [1.807, 2.05) is 0 Å².